The minimum Gasteiger partial charge on any atom is -0.507 e. The van der Waals surface area contributed by atoms with Crippen molar-refractivity contribution in [1.29, 1.82) is 0 Å². The molecule has 0 aliphatic carbocycles. The topological polar surface area (TPSA) is 89.8 Å². The van der Waals surface area contributed by atoms with Crippen molar-refractivity contribution in [3.8, 4) is 39.8 Å². The summed E-state index contributed by atoms with van der Waals surface area (Å²) in [4.78, 5) is 6.40. The molecule has 0 atom stereocenters. The first-order valence-electron chi connectivity index (χ1n) is 10.4. The summed E-state index contributed by atoms with van der Waals surface area (Å²) < 4.78 is 16.6. The molecule has 0 amide bonds. The summed E-state index contributed by atoms with van der Waals surface area (Å²) in [6.45, 7) is 2.93. The lowest BCUT2D eigenvalue weighted by atomic mass is 10.0. The molecular formula is C23H24N4O4. The number of hydrogen-bond donors (Lipinski definition) is 1. The van der Waals surface area contributed by atoms with E-state index in [0.29, 0.717) is 35.5 Å². The van der Waals surface area contributed by atoms with Crippen LogP contribution >= 0.6 is 0 Å². The van der Waals surface area contributed by atoms with Crippen molar-refractivity contribution >= 4 is 5.82 Å². The van der Waals surface area contributed by atoms with Crippen molar-refractivity contribution < 1.29 is 19.3 Å². The quantitative estimate of drug-likeness (QED) is 0.688. The number of methoxy groups -OCH3 is 1. The Morgan fingerprint density at radius 2 is 1.87 bits per heavy atom. The fourth-order valence-electron chi connectivity index (χ4n) is 4.15. The normalized spacial score (nSPS) is 16.5. The van der Waals surface area contributed by atoms with E-state index in [0.717, 1.165) is 49.5 Å². The van der Waals surface area contributed by atoms with E-state index < -0.39 is 0 Å². The van der Waals surface area contributed by atoms with Gasteiger partial charge in [0.2, 0.25) is 5.88 Å². The molecule has 4 heterocycles. The molecule has 2 aliphatic rings. The Bertz CT molecular complexity index is 1080. The fraction of sp³-hybridized carbons (Fsp3) is 0.348. The van der Waals surface area contributed by atoms with Crippen LogP contribution in [0.3, 0.4) is 0 Å². The highest BCUT2D eigenvalue weighted by Gasteiger charge is 2.29. The molecule has 5 rings (SSSR count). The number of ether oxygens (including phenoxy) is 3. The number of nitrogens with zero attached hydrogens (tertiary/aromatic N) is 4. The second kappa shape index (κ2) is 8.39. The minimum atomic E-state index is 0.125. The SMILES string of the molecule is COc1cc(-c2ccc(-c3cc4c(nn3)N(C3CCOCC3)CCO4)c(O)c2)ccn1. The lowest BCUT2D eigenvalue weighted by Gasteiger charge is -2.38. The van der Waals surface area contributed by atoms with Gasteiger partial charge in [-0.15, -0.1) is 10.2 Å². The average molecular weight is 420 g/mol. The van der Waals surface area contributed by atoms with E-state index in [1.165, 1.54) is 0 Å². The van der Waals surface area contributed by atoms with Crippen molar-refractivity contribution in [2.24, 2.45) is 0 Å². The number of anilines is 1. The molecule has 160 valence electrons. The first-order chi connectivity index (χ1) is 15.2. The summed E-state index contributed by atoms with van der Waals surface area (Å²) in [5.41, 5.74) is 2.94. The molecule has 31 heavy (non-hydrogen) atoms. The van der Waals surface area contributed by atoms with Gasteiger partial charge in [-0.3, -0.25) is 0 Å². The number of rotatable bonds is 4. The number of aromatic hydroxyl groups is 1. The third-order valence-corrected chi connectivity index (χ3v) is 5.79. The van der Waals surface area contributed by atoms with Crippen LogP contribution in [-0.2, 0) is 4.74 Å². The third-order valence-electron chi connectivity index (χ3n) is 5.79. The Hall–Kier alpha value is -3.39. The second-order valence-electron chi connectivity index (χ2n) is 7.62. The van der Waals surface area contributed by atoms with Gasteiger partial charge in [0.25, 0.3) is 0 Å². The molecule has 0 saturated carbocycles. The molecule has 1 fully saturated rings. The molecule has 8 heteroatoms. The summed E-state index contributed by atoms with van der Waals surface area (Å²) in [5.74, 6) is 2.11. The minimum absolute atomic E-state index is 0.125. The molecule has 0 unspecified atom stereocenters. The maximum atomic E-state index is 10.7. The average Bonchev–Trinajstić information content (AvgIpc) is 2.84. The summed E-state index contributed by atoms with van der Waals surface area (Å²) >= 11 is 0. The third kappa shape index (κ3) is 3.86. The van der Waals surface area contributed by atoms with E-state index in [9.17, 15) is 5.11 Å². The summed E-state index contributed by atoms with van der Waals surface area (Å²) in [7, 11) is 1.58. The summed E-state index contributed by atoms with van der Waals surface area (Å²) in [5, 5.41) is 19.6. The maximum absolute atomic E-state index is 10.7. The van der Waals surface area contributed by atoms with E-state index in [1.807, 2.05) is 30.3 Å². The van der Waals surface area contributed by atoms with Crippen molar-refractivity contribution in [3.05, 3.63) is 42.6 Å². The predicted octanol–water partition coefficient (Wildman–Crippen LogP) is 3.30. The highest BCUT2D eigenvalue weighted by Crippen LogP contribution is 2.38. The van der Waals surface area contributed by atoms with Gasteiger partial charge in [-0.2, -0.15) is 0 Å². The van der Waals surface area contributed by atoms with E-state index in [-0.39, 0.29) is 5.75 Å². The van der Waals surface area contributed by atoms with E-state index >= 15 is 0 Å². The van der Waals surface area contributed by atoms with E-state index in [2.05, 4.69) is 20.1 Å². The first-order valence-corrected chi connectivity index (χ1v) is 10.4. The van der Waals surface area contributed by atoms with Crippen LogP contribution in [0.15, 0.2) is 42.6 Å². The lowest BCUT2D eigenvalue weighted by molar-refractivity contribution is 0.0825. The predicted molar refractivity (Wildman–Crippen MR) is 116 cm³/mol. The van der Waals surface area contributed by atoms with E-state index in [1.54, 1.807) is 19.4 Å². The molecule has 0 bridgehead atoms. The number of phenolic OH excluding ortho intramolecular Hbond substituents is 1. The number of phenols is 1. The van der Waals surface area contributed by atoms with E-state index in [4.69, 9.17) is 14.2 Å². The second-order valence-corrected chi connectivity index (χ2v) is 7.62. The molecule has 2 aliphatic heterocycles. The zero-order valence-corrected chi connectivity index (χ0v) is 17.3. The van der Waals surface area contributed by atoms with Crippen molar-refractivity contribution in [3.63, 3.8) is 0 Å². The smallest absolute Gasteiger partial charge is 0.213 e. The van der Waals surface area contributed by atoms with Gasteiger partial charge >= 0.3 is 0 Å². The van der Waals surface area contributed by atoms with Crippen molar-refractivity contribution in [1.82, 2.24) is 15.2 Å². The van der Waals surface area contributed by atoms with Crippen LogP contribution < -0.4 is 14.4 Å². The van der Waals surface area contributed by atoms with Crippen LogP contribution in [0.25, 0.3) is 22.4 Å². The first kappa shape index (κ1) is 19.6. The number of fused-ring (bicyclic) bond motifs is 1. The van der Waals surface area contributed by atoms with Gasteiger partial charge in [0.15, 0.2) is 11.6 Å². The van der Waals surface area contributed by atoms with Crippen molar-refractivity contribution in [2.75, 3.05) is 38.4 Å². The van der Waals surface area contributed by atoms with Crippen LogP contribution in [0, 0.1) is 0 Å². The number of benzene rings is 1. The van der Waals surface area contributed by atoms with Gasteiger partial charge in [0, 0.05) is 43.1 Å². The fourth-order valence-corrected chi connectivity index (χ4v) is 4.15. The zero-order valence-electron chi connectivity index (χ0n) is 17.3. The maximum Gasteiger partial charge on any atom is 0.213 e. The zero-order chi connectivity index (χ0) is 21.2. The standard InChI is InChI=1S/C23H24N4O4/c1-29-22-13-16(4-7-24-22)15-2-3-18(20(28)12-15)19-14-21-23(26-25-19)27(8-11-31-21)17-5-9-30-10-6-17/h2-4,7,12-14,17,28H,5-6,8-11H2,1H3. The molecule has 8 nitrogen and oxygen atoms in total. The van der Waals surface area contributed by atoms with Crippen LogP contribution in [0.5, 0.6) is 17.4 Å². The van der Waals surface area contributed by atoms with Gasteiger partial charge < -0.3 is 24.2 Å². The van der Waals surface area contributed by atoms with Crippen LogP contribution in [-0.4, -0.2) is 59.8 Å². The number of pyridine rings is 1. The Morgan fingerprint density at radius 3 is 2.68 bits per heavy atom. The molecule has 0 radical (unpaired) electrons. The van der Waals surface area contributed by atoms with Crippen LogP contribution in [0.1, 0.15) is 12.8 Å². The Morgan fingerprint density at radius 1 is 1.03 bits per heavy atom. The molecule has 0 spiro atoms. The van der Waals surface area contributed by atoms with Gasteiger partial charge in [-0.05, 0) is 42.2 Å². The largest absolute Gasteiger partial charge is 0.507 e. The van der Waals surface area contributed by atoms with Crippen LogP contribution in [0.2, 0.25) is 0 Å². The van der Waals surface area contributed by atoms with Gasteiger partial charge in [0.1, 0.15) is 18.1 Å². The number of hydrogen-bond acceptors (Lipinski definition) is 8. The highest BCUT2D eigenvalue weighted by molar-refractivity contribution is 5.75. The lowest BCUT2D eigenvalue weighted by Crippen LogP contribution is -2.44. The molecule has 1 aromatic carbocycles. The molecular weight excluding hydrogens is 396 g/mol. The van der Waals surface area contributed by atoms with Crippen LogP contribution in [0.4, 0.5) is 5.82 Å². The highest BCUT2D eigenvalue weighted by atomic mass is 16.5. The van der Waals surface area contributed by atoms with Gasteiger partial charge in [-0.25, -0.2) is 4.98 Å². The van der Waals surface area contributed by atoms with Crippen molar-refractivity contribution in [2.45, 2.75) is 18.9 Å². The molecule has 2 aromatic heterocycles. The Kier molecular flexibility index (Phi) is 5.30. The Labute approximate surface area is 180 Å². The monoisotopic (exact) mass is 420 g/mol. The summed E-state index contributed by atoms with van der Waals surface area (Å²) in [6.07, 6.45) is 3.63. The number of aromatic nitrogens is 3. The van der Waals surface area contributed by atoms with Gasteiger partial charge in [0.05, 0.1) is 13.7 Å². The Balaban J connectivity index is 1.44. The summed E-state index contributed by atoms with van der Waals surface area (Å²) in [6, 6.07) is 11.4. The van der Waals surface area contributed by atoms with Gasteiger partial charge in [-0.1, -0.05) is 6.07 Å². The molecule has 1 N–H and O–H groups in total. The molecule has 3 aromatic rings. The molecule has 1 saturated heterocycles.